The fourth-order valence-corrected chi connectivity index (χ4v) is 9.12. The summed E-state index contributed by atoms with van der Waals surface area (Å²) in [4.78, 5) is 19.2. The van der Waals surface area contributed by atoms with Gasteiger partial charge in [0, 0.05) is 50.9 Å². The molecule has 42 heavy (non-hydrogen) atoms. The van der Waals surface area contributed by atoms with Gasteiger partial charge in [-0.2, -0.15) is 0 Å². The zero-order valence-electron chi connectivity index (χ0n) is 23.6. The number of rotatable bonds is 2. The van der Waals surface area contributed by atoms with E-state index in [4.69, 9.17) is 10.1 Å². The summed E-state index contributed by atoms with van der Waals surface area (Å²) >= 11 is 0. The second-order valence-corrected chi connectivity index (χ2v) is 12.9. The summed E-state index contributed by atoms with van der Waals surface area (Å²) in [6, 6.07) is 34.1. The van der Waals surface area contributed by atoms with E-state index < -0.39 is 7.14 Å². The zero-order chi connectivity index (χ0) is 28.9. The molecule has 1 N–H and O–H groups in total. The summed E-state index contributed by atoms with van der Waals surface area (Å²) in [6.45, 7) is 2.85. The SMILES string of the molecule is CC(=O)/C=C(/C)O.CN1c2[c-]c(-c3ccc4ccccc4n3)cc3c2P(=O)(c2ccccc21)c1ccccc1N3C.[Ir]. The summed E-state index contributed by atoms with van der Waals surface area (Å²) in [7, 11) is 1.01. The molecule has 0 bridgehead atoms. The Morgan fingerprint density at radius 3 is 2.05 bits per heavy atom. The van der Waals surface area contributed by atoms with Crippen LogP contribution in [-0.4, -0.2) is 30.0 Å². The number of ketones is 1. The van der Waals surface area contributed by atoms with E-state index in [1.807, 2.05) is 73.8 Å². The van der Waals surface area contributed by atoms with Gasteiger partial charge in [0.1, 0.15) is 7.14 Å². The number of carbonyl (C=O) groups excluding carboxylic acids is 1. The van der Waals surface area contributed by atoms with Gasteiger partial charge in [0.2, 0.25) is 0 Å². The maximum absolute atomic E-state index is 15.2. The number of aliphatic hydroxyl groups excluding tert-OH is 1. The Morgan fingerprint density at radius 1 is 0.833 bits per heavy atom. The van der Waals surface area contributed by atoms with E-state index in [1.54, 1.807) is 0 Å². The average molecular weight is 751 g/mol. The van der Waals surface area contributed by atoms with Crippen molar-refractivity contribution in [3.05, 3.63) is 109 Å². The molecular formula is C34H29IrN3O3P-. The molecule has 0 saturated heterocycles. The molecule has 1 aromatic heterocycles. The van der Waals surface area contributed by atoms with E-state index >= 15 is 4.57 Å². The number of fused-ring (bicyclic) bond motifs is 5. The van der Waals surface area contributed by atoms with Crippen molar-refractivity contribution >= 4 is 62.5 Å². The topological polar surface area (TPSA) is 73.7 Å². The van der Waals surface area contributed by atoms with Crippen molar-refractivity contribution in [1.29, 1.82) is 0 Å². The first-order valence-electron chi connectivity index (χ1n) is 13.3. The van der Waals surface area contributed by atoms with Crippen molar-refractivity contribution < 1.29 is 34.6 Å². The molecule has 2 aliphatic heterocycles. The van der Waals surface area contributed by atoms with Gasteiger partial charge in [0.05, 0.1) is 22.7 Å². The first-order chi connectivity index (χ1) is 19.7. The van der Waals surface area contributed by atoms with Gasteiger partial charge >= 0.3 is 0 Å². The third kappa shape index (κ3) is 4.78. The van der Waals surface area contributed by atoms with Gasteiger partial charge in [-0.15, -0.1) is 17.7 Å². The third-order valence-electron chi connectivity index (χ3n) is 7.46. The van der Waals surface area contributed by atoms with E-state index in [0.717, 1.165) is 60.8 Å². The molecule has 4 aromatic carbocycles. The van der Waals surface area contributed by atoms with Crippen molar-refractivity contribution in [2.75, 3.05) is 23.9 Å². The Hall–Kier alpha value is -4.02. The van der Waals surface area contributed by atoms with Crippen LogP contribution in [-0.2, 0) is 29.5 Å². The van der Waals surface area contributed by atoms with Crippen molar-refractivity contribution in [1.82, 2.24) is 4.98 Å². The van der Waals surface area contributed by atoms with Gasteiger partial charge in [-0.1, -0.05) is 54.6 Å². The van der Waals surface area contributed by atoms with E-state index in [1.165, 1.54) is 19.9 Å². The predicted octanol–water partition coefficient (Wildman–Crippen LogP) is 6.54. The molecule has 1 unspecified atom stereocenters. The van der Waals surface area contributed by atoms with Crippen LogP contribution < -0.4 is 25.7 Å². The quantitative estimate of drug-likeness (QED) is 0.0958. The number of carbonyl (C=O) groups is 1. The van der Waals surface area contributed by atoms with Crippen molar-refractivity contribution in [2.45, 2.75) is 13.8 Å². The molecule has 213 valence electrons. The molecule has 0 aliphatic carbocycles. The van der Waals surface area contributed by atoms with Gasteiger partial charge in [0.25, 0.3) is 0 Å². The van der Waals surface area contributed by atoms with Gasteiger partial charge in [-0.3, -0.25) is 9.78 Å². The molecule has 7 rings (SSSR count). The van der Waals surface area contributed by atoms with Gasteiger partial charge < -0.3 is 19.5 Å². The number of benzene rings is 4. The molecule has 1 radical (unpaired) electrons. The molecule has 6 nitrogen and oxygen atoms in total. The summed E-state index contributed by atoms with van der Waals surface area (Å²) in [5.74, 6) is -0.0625. The van der Waals surface area contributed by atoms with Gasteiger partial charge in [-0.25, -0.2) is 0 Å². The molecular weight excluding hydrogens is 722 g/mol. The fraction of sp³-hybridized carbons (Fsp3) is 0.118. The molecule has 0 amide bonds. The average Bonchev–Trinajstić information content (AvgIpc) is 2.98. The Balaban J connectivity index is 0.000000396. The zero-order valence-corrected chi connectivity index (χ0v) is 26.9. The Bertz CT molecular complexity index is 1850. The number of nitrogens with zero attached hydrogens (tertiary/aromatic N) is 3. The number of pyridine rings is 1. The summed E-state index contributed by atoms with van der Waals surface area (Å²) in [5, 5.41) is 12.1. The molecule has 0 spiro atoms. The Labute approximate surface area is 259 Å². The van der Waals surface area contributed by atoms with Gasteiger partial charge in [-0.05, 0) is 71.9 Å². The first kappa shape index (κ1) is 29.5. The number of anilines is 4. The standard InChI is InChI=1S/C29H21N3OP.C5H8O2.Ir/c1-31-23-11-5-7-13-27(23)34(33)28-14-8-6-12-24(28)32(2)26-18-20(17-25(31)29(26)34)22-16-15-19-9-3-4-10-21(19)30-22;1-4(6)3-5(2)7;/h3-17H,1-2H3;3,6H,1-2H3;/q-1;;/b;4-3-;. The van der Waals surface area contributed by atoms with Crippen LogP contribution in [0.25, 0.3) is 22.2 Å². The normalized spacial score (nSPS) is 16.3. The minimum Gasteiger partial charge on any atom is -0.512 e. The van der Waals surface area contributed by atoms with Gasteiger partial charge in [0.15, 0.2) is 5.78 Å². The first-order valence-corrected chi connectivity index (χ1v) is 15.0. The summed E-state index contributed by atoms with van der Waals surface area (Å²) < 4.78 is 15.2. The van der Waals surface area contributed by atoms with Crippen LogP contribution in [0.1, 0.15) is 13.8 Å². The minimum atomic E-state index is -3.08. The van der Waals surface area contributed by atoms with Crippen molar-refractivity contribution in [3.8, 4) is 11.3 Å². The third-order valence-corrected chi connectivity index (χ3v) is 10.6. The largest absolute Gasteiger partial charge is 0.512 e. The Morgan fingerprint density at radius 2 is 1.43 bits per heavy atom. The van der Waals surface area contributed by atoms with E-state index in [9.17, 15) is 4.79 Å². The molecule has 0 saturated carbocycles. The van der Waals surface area contributed by atoms with Crippen LogP contribution in [0.4, 0.5) is 22.7 Å². The predicted molar refractivity (Wildman–Crippen MR) is 169 cm³/mol. The number of aliphatic hydroxyl groups is 1. The number of hydrogen-bond donors (Lipinski definition) is 1. The molecule has 2 aliphatic rings. The van der Waals surface area contributed by atoms with Crippen molar-refractivity contribution in [2.24, 2.45) is 0 Å². The minimum absolute atomic E-state index is 0. The van der Waals surface area contributed by atoms with Crippen LogP contribution in [0.3, 0.4) is 0 Å². The van der Waals surface area contributed by atoms with E-state index in [-0.39, 0.29) is 31.6 Å². The second-order valence-electron chi connectivity index (χ2n) is 10.3. The molecule has 0 fully saturated rings. The maximum atomic E-state index is 15.2. The van der Waals surface area contributed by atoms with Crippen LogP contribution in [0.15, 0.2) is 103 Å². The number of hydrogen-bond acceptors (Lipinski definition) is 6. The van der Waals surface area contributed by atoms with E-state index in [0.29, 0.717) is 0 Å². The van der Waals surface area contributed by atoms with Crippen molar-refractivity contribution in [3.63, 3.8) is 0 Å². The fourth-order valence-electron chi connectivity index (χ4n) is 5.66. The Kier molecular flexibility index (Phi) is 7.96. The number of para-hydroxylation sites is 3. The molecule has 5 aromatic rings. The second kappa shape index (κ2) is 11.3. The van der Waals surface area contributed by atoms with Crippen LogP contribution >= 0.6 is 7.14 Å². The van der Waals surface area contributed by atoms with Crippen LogP contribution in [0.2, 0.25) is 0 Å². The molecule has 3 heterocycles. The summed E-state index contributed by atoms with van der Waals surface area (Å²) in [6.07, 6.45) is 1.17. The molecule has 8 heteroatoms. The van der Waals surface area contributed by atoms with Crippen LogP contribution in [0.5, 0.6) is 0 Å². The monoisotopic (exact) mass is 751 g/mol. The smallest absolute Gasteiger partial charge is 0.155 e. The maximum Gasteiger partial charge on any atom is 0.155 e. The number of allylic oxidation sites excluding steroid dienone is 2. The summed E-state index contributed by atoms with van der Waals surface area (Å²) in [5.41, 5.74) is 6.43. The molecule has 1 atom stereocenters. The number of aromatic nitrogens is 1. The van der Waals surface area contributed by atoms with E-state index in [2.05, 4.69) is 47.2 Å². The van der Waals surface area contributed by atoms with Crippen LogP contribution in [0, 0.1) is 6.07 Å².